The highest BCUT2D eigenvalue weighted by Crippen LogP contribution is 2.75. The first kappa shape index (κ1) is 33.8. The van der Waals surface area contributed by atoms with Crippen LogP contribution in [0.15, 0.2) is 11.6 Å². The minimum absolute atomic E-state index is 0.0341. The SMILES string of the molecule is CC1(C)CC[C@]2(CO)CC[C@]3(C)C(=CC[C@@H]4[C@@]5(C)C[C@H](O)[C@H](O)[C@@](C)(C(=O)O[C@@H]6OC[C@H](O)[C@H](O)[C@H]6O)[C@@H]5[C@H](O)C[C@]43C)[C@@H]2C1. The molecule has 10 nitrogen and oxygen atoms in total. The van der Waals surface area contributed by atoms with Crippen LogP contribution >= 0.6 is 0 Å². The molecule has 4 saturated carbocycles. The summed E-state index contributed by atoms with van der Waals surface area (Å²) in [5.74, 6) is -1.50. The van der Waals surface area contributed by atoms with Crippen LogP contribution in [-0.4, -0.2) is 97.8 Å². The van der Waals surface area contributed by atoms with Crippen molar-refractivity contribution in [1.29, 1.82) is 0 Å². The number of fused-ring (bicyclic) bond motifs is 7. The third kappa shape index (κ3) is 4.52. The molecule has 7 N–H and O–H groups in total. The number of ether oxygens (including phenoxy) is 2. The van der Waals surface area contributed by atoms with E-state index in [9.17, 15) is 40.5 Å². The smallest absolute Gasteiger partial charge is 0.317 e. The topological polar surface area (TPSA) is 177 Å². The molecule has 0 aromatic heterocycles. The van der Waals surface area contributed by atoms with Crippen molar-refractivity contribution < 1.29 is 50.0 Å². The first-order valence-corrected chi connectivity index (χ1v) is 17.0. The zero-order chi connectivity index (χ0) is 33.1. The predicted octanol–water partition coefficient (Wildman–Crippen LogP) is 2.05. The number of allylic oxidation sites excluding steroid dienone is 2. The van der Waals surface area contributed by atoms with E-state index in [4.69, 9.17) is 9.47 Å². The molecule has 256 valence electrons. The molecular weight excluding hydrogens is 580 g/mol. The van der Waals surface area contributed by atoms with E-state index in [1.165, 1.54) is 12.5 Å². The number of hydrogen-bond acceptors (Lipinski definition) is 10. The van der Waals surface area contributed by atoms with Gasteiger partial charge in [-0.15, -0.1) is 0 Å². The molecule has 0 radical (unpaired) electrons. The van der Waals surface area contributed by atoms with E-state index >= 15 is 0 Å². The van der Waals surface area contributed by atoms with Gasteiger partial charge in [0.25, 0.3) is 0 Å². The molecule has 15 atom stereocenters. The van der Waals surface area contributed by atoms with Crippen LogP contribution in [0.2, 0.25) is 0 Å². The molecule has 5 aliphatic carbocycles. The molecule has 1 heterocycles. The van der Waals surface area contributed by atoms with Gasteiger partial charge in [0.05, 0.1) is 30.3 Å². The van der Waals surface area contributed by atoms with Gasteiger partial charge in [-0.2, -0.15) is 0 Å². The van der Waals surface area contributed by atoms with Crippen molar-refractivity contribution in [3.05, 3.63) is 11.6 Å². The van der Waals surface area contributed by atoms with Gasteiger partial charge in [-0.1, -0.05) is 46.3 Å². The Morgan fingerprint density at radius 2 is 1.53 bits per heavy atom. The zero-order valence-electron chi connectivity index (χ0n) is 27.8. The number of aliphatic hydroxyl groups is 7. The quantitative estimate of drug-likeness (QED) is 0.179. The van der Waals surface area contributed by atoms with Crippen LogP contribution in [0.4, 0.5) is 0 Å². The van der Waals surface area contributed by atoms with Gasteiger partial charge in [0.2, 0.25) is 6.29 Å². The van der Waals surface area contributed by atoms with Crippen molar-refractivity contribution in [2.45, 2.75) is 136 Å². The maximum absolute atomic E-state index is 14.1. The highest BCUT2D eigenvalue weighted by Gasteiger charge is 2.73. The largest absolute Gasteiger partial charge is 0.432 e. The summed E-state index contributed by atoms with van der Waals surface area (Å²) in [6.45, 7) is 12.6. The van der Waals surface area contributed by atoms with Crippen LogP contribution in [0.3, 0.4) is 0 Å². The van der Waals surface area contributed by atoms with Crippen molar-refractivity contribution in [2.24, 2.45) is 50.2 Å². The lowest BCUT2D eigenvalue weighted by molar-refractivity contribution is -0.291. The van der Waals surface area contributed by atoms with Gasteiger partial charge in [0.1, 0.15) is 18.3 Å². The Bertz CT molecular complexity index is 1220. The minimum Gasteiger partial charge on any atom is -0.432 e. The normalized spacial score (nSPS) is 55.7. The Morgan fingerprint density at radius 1 is 0.867 bits per heavy atom. The lowest BCUT2D eigenvalue weighted by Crippen LogP contribution is -2.72. The summed E-state index contributed by atoms with van der Waals surface area (Å²) in [5.41, 5.74) is -1.76. The highest BCUT2D eigenvalue weighted by molar-refractivity contribution is 5.78. The zero-order valence-corrected chi connectivity index (χ0v) is 27.8. The van der Waals surface area contributed by atoms with E-state index in [1.54, 1.807) is 0 Å². The predicted molar refractivity (Wildman–Crippen MR) is 163 cm³/mol. The molecule has 0 aromatic rings. The summed E-state index contributed by atoms with van der Waals surface area (Å²) in [5, 5.41) is 76.3. The van der Waals surface area contributed by atoms with Crippen LogP contribution in [0.1, 0.15) is 92.9 Å². The van der Waals surface area contributed by atoms with Gasteiger partial charge in [-0.25, -0.2) is 0 Å². The van der Waals surface area contributed by atoms with Gasteiger partial charge in [0.15, 0.2) is 0 Å². The van der Waals surface area contributed by atoms with Gasteiger partial charge < -0.3 is 45.2 Å². The molecule has 0 amide bonds. The molecular formula is C35H56O10. The van der Waals surface area contributed by atoms with Crippen LogP contribution < -0.4 is 0 Å². The van der Waals surface area contributed by atoms with Gasteiger partial charge >= 0.3 is 5.97 Å². The lowest BCUT2D eigenvalue weighted by Gasteiger charge is -2.72. The second-order valence-electron chi connectivity index (χ2n) is 17.5. The Balaban J connectivity index is 1.38. The van der Waals surface area contributed by atoms with Crippen molar-refractivity contribution in [3.63, 3.8) is 0 Å². The van der Waals surface area contributed by atoms with Crippen LogP contribution in [0.5, 0.6) is 0 Å². The summed E-state index contributed by atoms with van der Waals surface area (Å²) >= 11 is 0. The van der Waals surface area contributed by atoms with E-state index < -0.39 is 65.6 Å². The third-order valence-electron chi connectivity index (χ3n) is 14.8. The van der Waals surface area contributed by atoms with E-state index in [1.807, 2.05) is 6.92 Å². The lowest BCUT2D eigenvalue weighted by atomic mass is 9.33. The first-order valence-electron chi connectivity index (χ1n) is 17.0. The molecule has 1 saturated heterocycles. The fourth-order valence-corrected chi connectivity index (χ4v) is 12.0. The number of esters is 1. The van der Waals surface area contributed by atoms with E-state index in [0.717, 1.165) is 32.1 Å². The fraction of sp³-hybridized carbons (Fsp3) is 0.914. The third-order valence-corrected chi connectivity index (χ3v) is 14.8. The molecule has 0 aromatic carbocycles. The molecule has 6 rings (SSSR count). The standard InChI is InChI=1S/C35H56O10/c1-30(2)9-11-35(17-36)12-10-32(4)18(19(35)13-30)7-8-23-31(3)14-21(38)27(42)34(6,26(31)20(37)15-33(23,32)5)29(43)45-28-25(41)24(40)22(39)16-44-28/h7,19-28,36-42H,8-17H2,1-6H3/t19-,20+,21-,22-,23+,24-,25+,26+,27-,28-,31+,32+,33+,34-,35+/m0/s1. The first-order chi connectivity index (χ1) is 20.8. The van der Waals surface area contributed by atoms with Gasteiger partial charge in [-0.3, -0.25) is 4.79 Å². The van der Waals surface area contributed by atoms with E-state index in [0.29, 0.717) is 12.8 Å². The Labute approximate surface area is 266 Å². The van der Waals surface area contributed by atoms with Crippen molar-refractivity contribution >= 4 is 5.97 Å². The Hall–Kier alpha value is -1.11. The summed E-state index contributed by atoms with van der Waals surface area (Å²) in [7, 11) is 0. The van der Waals surface area contributed by atoms with Crippen molar-refractivity contribution in [3.8, 4) is 0 Å². The molecule has 0 unspecified atom stereocenters. The highest BCUT2D eigenvalue weighted by atomic mass is 16.7. The van der Waals surface area contributed by atoms with Gasteiger partial charge in [0, 0.05) is 17.9 Å². The monoisotopic (exact) mass is 636 g/mol. The molecule has 0 spiro atoms. The molecule has 5 fully saturated rings. The van der Waals surface area contributed by atoms with Crippen LogP contribution in [0, 0.1) is 50.2 Å². The Morgan fingerprint density at radius 3 is 2.20 bits per heavy atom. The summed E-state index contributed by atoms with van der Waals surface area (Å²) < 4.78 is 10.9. The van der Waals surface area contributed by atoms with Crippen LogP contribution in [0.25, 0.3) is 0 Å². The van der Waals surface area contributed by atoms with Crippen LogP contribution in [-0.2, 0) is 14.3 Å². The van der Waals surface area contributed by atoms with Crippen molar-refractivity contribution in [2.75, 3.05) is 13.2 Å². The molecule has 0 bridgehead atoms. The average Bonchev–Trinajstić information content (AvgIpc) is 2.96. The number of rotatable bonds is 3. The van der Waals surface area contributed by atoms with Gasteiger partial charge in [-0.05, 0) is 91.8 Å². The molecule has 1 aliphatic heterocycles. The molecule has 10 heteroatoms. The maximum Gasteiger partial charge on any atom is 0.317 e. The Kier molecular flexibility index (Phi) is 8.03. The summed E-state index contributed by atoms with van der Waals surface area (Å²) in [6, 6.07) is 0. The van der Waals surface area contributed by atoms with E-state index in [2.05, 4.69) is 33.8 Å². The summed E-state index contributed by atoms with van der Waals surface area (Å²) in [6.07, 6.45) is -1.49. The number of hydrogen-bond donors (Lipinski definition) is 7. The second-order valence-corrected chi connectivity index (χ2v) is 17.5. The summed E-state index contributed by atoms with van der Waals surface area (Å²) in [4.78, 5) is 14.1. The van der Waals surface area contributed by atoms with Crippen molar-refractivity contribution in [1.82, 2.24) is 0 Å². The fourth-order valence-electron chi connectivity index (χ4n) is 12.0. The number of carbonyl (C=O) groups is 1. The number of carbonyl (C=O) groups excluding carboxylic acids is 1. The average molecular weight is 637 g/mol. The second kappa shape index (κ2) is 10.7. The van der Waals surface area contributed by atoms with E-state index in [-0.39, 0.29) is 53.1 Å². The molecule has 45 heavy (non-hydrogen) atoms. The molecule has 6 aliphatic rings. The maximum atomic E-state index is 14.1. The number of aliphatic hydroxyl groups excluding tert-OH is 7. The minimum atomic E-state index is -1.76.